The number of nitriles is 1. The molecule has 1 aromatic carbocycles. The van der Waals surface area contributed by atoms with Crippen molar-refractivity contribution in [2.45, 2.75) is 39.2 Å². The van der Waals surface area contributed by atoms with Crippen molar-refractivity contribution in [3.05, 3.63) is 35.1 Å². The number of hydrogen-bond donors (Lipinski definition) is 0. The van der Waals surface area contributed by atoms with Crippen LogP contribution in [0.2, 0.25) is 0 Å². The zero-order valence-electron chi connectivity index (χ0n) is 14.4. The molecule has 0 saturated carbocycles. The van der Waals surface area contributed by atoms with Crippen molar-refractivity contribution >= 4 is 0 Å². The molecule has 3 nitrogen and oxygen atoms in total. The molecule has 1 aliphatic rings. The average molecular weight is 317 g/mol. The van der Waals surface area contributed by atoms with Gasteiger partial charge in [0, 0.05) is 18.7 Å². The highest BCUT2D eigenvalue weighted by Crippen LogP contribution is 2.21. The highest BCUT2D eigenvalue weighted by atomic mass is 19.1. The molecule has 1 heterocycles. The number of benzene rings is 1. The van der Waals surface area contributed by atoms with E-state index in [1.807, 2.05) is 0 Å². The molecule has 126 valence electrons. The highest BCUT2D eigenvalue weighted by Gasteiger charge is 2.21. The standard InChI is InChI=1S/C19H28FN3/c1-3-4-9-22(2)14-16-7-10-23(11-8-16)15-18-12-17(13-21)5-6-19(18)20/h5-6,12,16H,3-4,7-11,14-15H2,1-2H3. The summed E-state index contributed by atoms with van der Waals surface area (Å²) in [5.74, 6) is 0.550. The van der Waals surface area contributed by atoms with Crippen molar-refractivity contribution in [1.82, 2.24) is 9.80 Å². The number of likely N-dealkylation sites (tertiary alicyclic amines) is 1. The SMILES string of the molecule is CCCCN(C)CC1CCN(Cc2cc(C#N)ccc2F)CC1. The van der Waals surface area contributed by atoms with Gasteiger partial charge in [-0.2, -0.15) is 5.26 Å². The molecule has 0 radical (unpaired) electrons. The molecule has 0 unspecified atom stereocenters. The summed E-state index contributed by atoms with van der Waals surface area (Å²) >= 11 is 0. The molecule has 1 fully saturated rings. The summed E-state index contributed by atoms with van der Waals surface area (Å²) in [6.07, 6.45) is 4.87. The smallest absolute Gasteiger partial charge is 0.127 e. The van der Waals surface area contributed by atoms with Gasteiger partial charge in [0.2, 0.25) is 0 Å². The zero-order valence-corrected chi connectivity index (χ0v) is 14.4. The van der Waals surface area contributed by atoms with Crippen molar-refractivity contribution in [1.29, 1.82) is 5.26 Å². The molecular formula is C19H28FN3. The predicted octanol–water partition coefficient (Wildman–Crippen LogP) is 3.64. The van der Waals surface area contributed by atoms with Gasteiger partial charge in [0.05, 0.1) is 11.6 Å². The van der Waals surface area contributed by atoms with E-state index in [1.54, 1.807) is 6.07 Å². The molecule has 0 aromatic heterocycles. The van der Waals surface area contributed by atoms with Gasteiger partial charge in [-0.15, -0.1) is 0 Å². The van der Waals surface area contributed by atoms with Gasteiger partial charge in [0.15, 0.2) is 0 Å². The summed E-state index contributed by atoms with van der Waals surface area (Å²) in [5.41, 5.74) is 1.18. The lowest BCUT2D eigenvalue weighted by Crippen LogP contribution is -2.37. The lowest BCUT2D eigenvalue weighted by atomic mass is 9.95. The Balaban J connectivity index is 1.80. The van der Waals surface area contributed by atoms with Crippen LogP contribution in [0.1, 0.15) is 43.7 Å². The number of unbranched alkanes of at least 4 members (excludes halogenated alkanes) is 1. The van der Waals surface area contributed by atoms with Gasteiger partial charge in [-0.3, -0.25) is 4.90 Å². The van der Waals surface area contributed by atoms with Crippen molar-refractivity contribution < 1.29 is 4.39 Å². The van der Waals surface area contributed by atoms with E-state index in [1.165, 1.54) is 50.9 Å². The van der Waals surface area contributed by atoms with E-state index in [0.29, 0.717) is 17.7 Å². The molecule has 1 aromatic rings. The van der Waals surface area contributed by atoms with Gasteiger partial charge in [-0.05, 0) is 70.1 Å². The maximum atomic E-state index is 13.9. The molecule has 0 spiro atoms. The third kappa shape index (κ3) is 5.60. The number of hydrogen-bond acceptors (Lipinski definition) is 3. The minimum Gasteiger partial charge on any atom is -0.306 e. The van der Waals surface area contributed by atoms with Crippen LogP contribution < -0.4 is 0 Å². The van der Waals surface area contributed by atoms with Crippen LogP contribution in [-0.2, 0) is 6.54 Å². The van der Waals surface area contributed by atoms with Crippen LogP contribution in [-0.4, -0.2) is 43.0 Å². The molecule has 1 saturated heterocycles. The maximum absolute atomic E-state index is 13.9. The van der Waals surface area contributed by atoms with Gasteiger partial charge in [-0.1, -0.05) is 13.3 Å². The van der Waals surface area contributed by atoms with E-state index in [2.05, 4.69) is 29.8 Å². The van der Waals surface area contributed by atoms with Crippen molar-refractivity contribution in [2.75, 3.05) is 33.2 Å². The Hall–Kier alpha value is -1.44. The summed E-state index contributed by atoms with van der Waals surface area (Å²) in [5, 5.41) is 8.95. The molecule has 0 amide bonds. The average Bonchev–Trinajstić information content (AvgIpc) is 2.56. The number of nitrogens with zero attached hydrogens (tertiary/aromatic N) is 3. The van der Waals surface area contributed by atoms with Crippen molar-refractivity contribution in [2.24, 2.45) is 5.92 Å². The topological polar surface area (TPSA) is 30.3 Å². The van der Waals surface area contributed by atoms with Crippen LogP contribution in [0.3, 0.4) is 0 Å². The summed E-state index contributed by atoms with van der Waals surface area (Å²) in [4.78, 5) is 4.75. The second-order valence-corrected chi connectivity index (χ2v) is 6.75. The summed E-state index contributed by atoms with van der Waals surface area (Å²) in [6, 6.07) is 6.71. The van der Waals surface area contributed by atoms with Crippen LogP contribution in [0.5, 0.6) is 0 Å². The van der Waals surface area contributed by atoms with Crippen LogP contribution in [0.25, 0.3) is 0 Å². The first kappa shape index (κ1) is 17.9. The number of halogens is 1. The van der Waals surface area contributed by atoms with Gasteiger partial charge in [0.1, 0.15) is 5.82 Å². The van der Waals surface area contributed by atoms with E-state index >= 15 is 0 Å². The Bertz CT molecular complexity index is 530. The monoisotopic (exact) mass is 317 g/mol. The molecule has 0 bridgehead atoms. The van der Waals surface area contributed by atoms with Crippen LogP contribution in [0.4, 0.5) is 4.39 Å². The minimum atomic E-state index is -0.203. The number of rotatable bonds is 7. The normalized spacial score (nSPS) is 16.7. The molecule has 4 heteroatoms. The number of piperidine rings is 1. The fourth-order valence-corrected chi connectivity index (χ4v) is 3.29. The fraction of sp³-hybridized carbons (Fsp3) is 0.632. The second kappa shape index (κ2) is 9.00. The van der Waals surface area contributed by atoms with E-state index < -0.39 is 0 Å². The molecule has 0 aliphatic carbocycles. The lowest BCUT2D eigenvalue weighted by molar-refractivity contribution is 0.147. The van der Waals surface area contributed by atoms with Crippen LogP contribution >= 0.6 is 0 Å². The second-order valence-electron chi connectivity index (χ2n) is 6.75. The quantitative estimate of drug-likeness (QED) is 0.769. The van der Waals surface area contributed by atoms with Crippen molar-refractivity contribution in [3.63, 3.8) is 0 Å². The summed E-state index contributed by atoms with van der Waals surface area (Å²) in [6.45, 7) is 7.23. The minimum absolute atomic E-state index is 0.203. The van der Waals surface area contributed by atoms with E-state index in [9.17, 15) is 4.39 Å². The maximum Gasteiger partial charge on any atom is 0.127 e. The Morgan fingerprint density at radius 2 is 2.09 bits per heavy atom. The molecule has 0 N–H and O–H groups in total. The lowest BCUT2D eigenvalue weighted by Gasteiger charge is -2.34. The fourth-order valence-electron chi connectivity index (χ4n) is 3.29. The highest BCUT2D eigenvalue weighted by molar-refractivity contribution is 5.33. The predicted molar refractivity (Wildman–Crippen MR) is 91.5 cm³/mol. The summed E-state index contributed by atoms with van der Waals surface area (Å²) in [7, 11) is 2.21. The van der Waals surface area contributed by atoms with Crippen molar-refractivity contribution in [3.8, 4) is 6.07 Å². The van der Waals surface area contributed by atoms with E-state index in [-0.39, 0.29) is 5.82 Å². The summed E-state index contributed by atoms with van der Waals surface area (Å²) < 4.78 is 13.9. The third-order valence-electron chi connectivity index (χ3n) is 4.74. The molecular weight excluding hydrogens is 289 g/mol. The Morgan fingerprint density at radius 3 is 2.74 bits per heavy atom. The van der Waals surface area contributed by atoms with E-state index in [0.717, 1.165) is 19.0 Å². The van der Waals surface area contributed by atoms with E-state index in [4.69, 9.17) is 5.26 Å². The Labute approximate surface area is 139 Å². The van der Waals surface area contributed by atoms with Gasteiger partial charge >= 0.3 is 0 Å². The van der Waals surface area contributed by atoms with Gasteiger partial charge < -0.3 is 4.90 Å². The van der Waals surface area contributed by atoms with Gasteiger partial charge in [-0.25, -0.2) is 4.39 Å². The van der Waals surface area contributed by atoms with Gasteiger partial charge in [0.25, 0.3) is 0 Å². The molecule has 0 atom stereocenters. The van der Waals surface area contributed by atoms with Crippen LogP contribution in [0.15, 0.2) is 18.2 Å². The molecule has 2 rings (SSSR count). The first-order valence-electron chi connectivity index (χ1n) is 8.71. The first-order valence-corrected chi connectivity index (χ1v) is 8.71. The largest absolute Gasteiger partial charge is 0.306 e. The third-order valence-corrected chi connectivity index (χ3v) is 4.74. The molecule has 1 aliphatic heterocycles. The van der Waals surface area contributed by atoms with Crippen LogP contribution in [0, 0.1) is 23.1 Å². The first-order chi connectivity index (χ1) is 11.1. The zero-order chi connectivity index (χ0) is 16.7. The Morgan fingerprint density at radius 1 is 1.35 bits per heavy atom. The Kier molecular flexibility index (Phi) is 7.01. The molecule has 23 heavy (non-hydrogen) atoms.